The van der Waals surface area contributed by atoms with Gasteiger partial charge in [-0.05, 0) is 48.4 Å². The van der Waals surface area contributed by atoms with E-state index in [1.165, 1.54) is 13.2 Å². The molecule has 1 aromatic heterocycles. The minimum atomic E-state index is -0.726. The maximum atomic E-state index is 13.9. The Morgan fingerprint density at radius 1 is 1.03 bits per heavy atom. The number of fused-ring (bicyclic) bond motifs is 1. The predicted octanol–water partition coefficient (Wildman–Crippen LogP) is 6.44. The number of amides is 1. The van der Waals surface area contributed by atoms with E-state index in [4.69, 9.17) is 13.9 Å². The summed E-state index contributed by atoms with van der Waals surface area (Å²) in [6.07, 6.45) is 2.96. The zero-order valence-corrected chi connectivity index (χ0v) is 18.2. The normalized spacial score (nSPS) is 11.5. The molecule has 0 aliphatic rings. The van der Waals surface area contributed by atoms with E-state index >= 15 is 0 Å². The number of hydrogen-bond donors (Lipinski definition) is 1. The first-order valence-electron chi connectivity index (χ1n) is 10.1. The molecule has 0 saturated heterocycles. The molecule has 4 rings (SSSR count). The van der Waals surface area contributed by atoms with Gasteiger partial charge in [0.15, 0.2) is 0 Å². The number of allylic oxidation sites excluding steroid dienone is 1. The zero-order chi connectivity index (χ0) is 23.5. The molecule has 168 valence electrons. The van der Waals surface area contributed by atoms with Crippen molar-refractivity contribution in [2.45, 2.75) is 6.92 Å². The van der Waals surface area contributed by atoms with Crippen molar-refractivity contribution in [2.75, 3.05) is 19.5 Å². The Morgan fingerprint density at radius 3 is 2.61 bits per heavy atom. The van der Waals surface area contributed by atoms with Gasteiger partial charge in [0.2, 0.25) is 5.91 Å². The molecule has 0 fully saturated rings. The van der Waals surface area contributed by atoms with Crippen molar-refractivity contribution in [3.05, 3.63) is 84.1 Å². The van der Waals surface area contributed by atoms with Crippen molar-refractivity contribution in [2.24, 2.45) is 0 Å². The van der Waals surface area contributed by atoms with E-state index in [0.717, 1.165) is 34.7 Å². The summed E-state index contributed by atoms with van der Waals surface area (Å²) in [6.45, 7) is 1.73. The first kappa shape index (κ1) is 22.1. The van der Waals surface area contributed by atoms with Crippen LogP contribution in [0, 0.1) is 11.6 Å². The summed E-state index contributed by atoms with van der Waals surface area (Å²) in [5, 5.41) is 3.19. The lowest BCUT2D eigenvalue weighted by molar-refractivity contribution is -0.111. The van der Waals surface area contributed by atoms with Crippen LogP contribution in [0.2, 0.25) is 0 Å². The van der Waals surface area contributed by atoms with Gasteiger partial charge in [0.05, 0.1) is 26.2 Å². The molecule has 4 aromatic rings. The summed E-state index contributed by atoms with van der Waals surface area (Å²) in [6, 6.07) is 14.1. The fourth-order valence-electron chi connectivity index (χ4n) is 3.58. The van der Waals surface area contributed by atoms with Crippen LogP contribution in [0.4, 0.5) is 14.5 Å². The van der Waals surface area contributed by atoms with Crippen molar-refractivity contribution in [1.82, 2.24) is 0 Å². The third kappa shape index (κ3) is 4.57. The summed E-state index contributed by atoms with van der Waals surface area (Å²) < 4.78 is 43.8. The molecule has 5 nitrogen and oxygen atoms in total. The zero-order valence-electron chi connectivity index (χ0n) is 18.2. The van der Waals surface area contributed by atoms with E-state index in [2.05, 4.69) is 5.32 Å². The number of anilines is 1. The smallest absolute Gasteiger partial charge is 0.248 e. The molecule has 1 N–H and O–H groups in total. The number of hydrogen-bond acceptors (Lipinski definition) is 4. The topological polar surface area (TPSA) is 60.7 Å². The summed E-state index contributed by atoms with van der Waals surface area (Å²) in [5.74, 6) is -0.750. The SMILES string of the molecule is COc1cccc(-c2coc3cc(OC)c(/C(C)=C/C(=O)Nc4cc(F)ccc4F)cc23)c1. The lowest BCUT2D eigenvalue weighted by Gasteiger charge is -2.11. The predicted molar refractivity (Wildman–Crippen MR) is 123 cm³/mol. The van der Waals surface area contributed by atoms with Crippen LogP contribution in [0.3, 0.4) is 0 Å². The van der Waals surface area contributed by atoms with E-state index in [1.807, 2.05) is 30.3 Å². The highest BCUT2D eigenvalue weighted by molar-refractivity contribution is 6.05. The first-order chi connectivity index (χ1) is 15.9. The molecular weight excluding hydrogens is 428 g/mol. The molecule has 1 heterocycles. The molecule has 0 saturated carbocycles. The summed E-state index contributed by atoms with van der Waals surface area (Å²) >= 11 is 0. The molecule has 0 atom stereocenters. The Bertz CT molecular complexity index is 1370. The fourth-order valence-corrected chi connectivity index (χ4v) is 3.58. The summed E-state index contributed by atoms with van der Waals surface area (Å²) in [5.41, 5.74) is 3.37. The standard InChI is InChI=1S/C26H21F2NO4/c1-15(9-26(30)29-23-11-17(27)7-8-22(23)28)19-12-20-21(14-33-25(20)13-24(19)32-3)16-5-4-6-18(10-16)31-2/h4-14H,1-3H3,(H,29,30)/b15-9+. The monoisotopic (exact) mass is 449 g/mol. The second-order valence-corrected chi connectivity index (χ2v) is 7.37. The highest BCUT2D eigenvalue weighted by atomic mass is 19.1. The average Bonchev–Trinajstić information content (AvgIpc) is 3.23. The third-order valence-electron chi connectivity index (χ3n) is 5.24. The van der Waals surface area contributed by atoms with Crippen molar-refractivity contribution >= 4 is 28.1 Å². The molecule has 0 unspecified atom stereocenters. The Hall–Kier alpha value is -4.13. The Balaban J connectivity index is 1.72. The first-order valence-corrected chi connectivity index (χ1v) is 10.1. The van der Waals surface area contributed by atoms with E-state index in [-0.39, 0.29) is 5.69 Å². The number of benzene rings is 3. The minimum absolute atomic E-state index is 0.235. The van der Waals surface area contributed by atoms with Crippen LogP contribution in [0.15, 0.2) is 71.4 Å². The molecule has 0 aliphatic heterocycles. The lowest BCUT2D eigenvalue weighted by Crippen LogP contribution is -2.10. The van der Waals surface area contributed by atoms with E-state index < -0.39 is 17.5 Å². The Morgan fingerprint density at radius 2 is 1.85 bits per heavy atom. The summed E-state index contributed by atoms with van der Waals surface area (Å²) in [7, 11) is 3.12. The largest absolute Gasteiger partial charge is 0.497 e. The molecular formula is C26H21F2NO4. The van der Waals surface area contributed by atoms with Crippen LogP contribution >= 0.6 is 0 Å². The maximum Gasteiger partial charge on any atom is 0.248 e. The van der Waals surface area contributed by atoms with Crippen LogP contribution in [0.1, 0.15) is 12.5 Å². The number of carbonyl (C=O) groups excluding carboxylic acids is 1. The molecule has 0 aliphatic carbocycles. The molecule has 0 spiro atoms. The molecule has 3 aromatic carbocycles. The van der Waals surface area contributed by atoms with E-state index in [1.54, 1.807) is 26.4 Å². The van der Waals surface area contributed by atoms with Crippen molar-refractivity contribution in [1.29, 1.82) is 0 Å². The van der Waals surface area contributed by atoms with Crippen molar-refractivity contribution < 1.29 is 27.5 Å². The molecule has 33 heavy (non-hydrogen) atoms. The van der Waals surface area contributed by atoms with Crippen LogP contribution in [0.25, 0.3) is 27.7 Å². The van der Waals surface area contributed by atoms with E-state index in [0.29, 0.717) is 28.2 Å². The van der Waals surface area contributed by atoms with Gasteiger partial charge in [0.25, 0.3) is 0 Å². The van der Waals surface area contributed by atoms with E-state index in [9.17, 15) is 13.6 Å². The number of methoxy groups -OCH3 is 2. The van der Waals surface area contributed by atoms with Gasteiger partial charge in [-0.1, -0.05) is 12.1 Å². The second kappa shape index (κ2) is 9.16. The number of ether oxygens (including phenoxy) is 2. The molecule has 0 bridgehead atoms. The van der Waals surface area contributed by atoms with Gasteiger partial charge in [-0.3, -0.25) is 4.79 Å². The van der Waals surface area contributed by atoms with Crippen molar-refractivity contribution in [3.63, 3.8) is 0 Å². The summed E-state index contributed by atoms with van der Waals surface area (Å²) in [4.78, 5) is 12.5. The quantitative estimate of drug-likeness (QED) is 0.344. The number of furan rings is 1. The van der Waals surface area contributed by atoms with Gasteiger partial charge >= 0.3 is 0 Å². The fraction of sp³-hybridized carbons (Fsp3) is 0.115. The van der Waals surface area contributed by atoms with Gasteiger partial charge in [0, 0.05) is 34.7 Å². The number of halogens is 2. The number of carbonyl (C=O) groups is 1. The number of nitrogens with one attached hydrogen (secondary N) is 1. The molecule has 7 heteroatoms. The molecule has 1 amide bonds. The second-order valence-electron chi connectivity index (χ2n) is 7.37. The highest BCUT2D eigenvalue weighted by Gasteiger charge is 2.16. The van der Waals surface area contributed by atoms with Crippen LogP contribution in [-0.2, 0) is 4.79 Å². The van der Waals surface area contributed by atoms with Gasteiger partial charge < -0.3 is 19.2 Å². The van der Waals surface area contributed by atoms with Crippen LogP contribution in [0.5, 0.6) is 11.5 Å². The Labute approximate surface area is 189 Å². The lowest BCUT2D eigenvalue weighted by atomic mass is 9.99. The maximum absolute atomic E-state index is 13.9. The minimum Gasteiger partial charge on any atom is -0.497 e. The van der Waals surface area contributed by atoms with Crippen LogP contribution in [-0.4, -0.2) is 20.1 Å². The van der Waals surface area contributed by atoms with Gasteiger partial charge in [-0.2, -0.15) is 0 Å². The van der Waals surface area contributed by atoms with Crippen molar-refractivity contribution in [3.8, 4) is 22.6 Å². The van der Waals surface area contributed by atoms with Gasteiger partial charge in [0.1, 0.15) is 28.7 Å². The number of rotatable bonds is 6. The Kier molecular flexibility index (Phi) is 6.13. The van der Waals surface area contributed by atoms with Gasteiger partial charge in [-0.25, -0.2) is 8.78 Å². The molecule has 0 radical (unpaired) electrons. The van der Waals surface area contributed by atoms with Crippen LogP contribution < -0.4 is 14.8 Å². The van der Waals surface area contributed by atoms with Gasteiger partial charge in [-0.15, -0.1) is 0 Å². The average molecular weight is 449 g/mol. The third-order valence-corrected chi connectivity index (χ3v) is 5.24. The highest BCUT2D eigenvalue weighted by Crippen LogP contribution is 2.38.